The quantitative estimate of drug-likeness (QED) is 0.520. The van der Waals surface area contributed by atoms with E-state index in [1.54, 1.807) is 18.2 Å². The van der Waals surface area contributed by atoms with Crippen molar-refractivity contribution >= 4 is 33.8 Å². The van der Waals surface area contributed by atoms with Gasteiger partial charge in [-0.05, 0) is 35.4 Å². The molecule has 0 spiro atoms. The Morgan fingerprint density at radius 1 is 0.840 bits per heavy atom. The molecule has 1 aliphatic rings. The smallest absolute Gasteiger partial charge is 0.259 e. The van der Waals surface area contributed by atoms with Crippen molar-refractivity contribution in [2.75, 3.05) is 0 Å². The van der Waals surface area contributed by atoms with E-state index in [9.17, 15) is 14.7 Å². The van der Waals surface area contributed by atoms with Crippen molar-refractivity contribution in [3.63, 3.8) is 0 Å². The summed E-state index contributed by atoms with van der Waals surface area (Å²) < 4.78 is 5.88. The number of carbonyl (C=O) groups is 2. The molecule has 0 unspecified atom stereocenters. The van der Waals surface area contributed by atoms with Gasteiger partial charge in [-0.25, -0.2) is 0 Å². The minimum Gasteiger partial charge on any atom is -0.508 e. The highest BCUT2D eigenvalue weighted by molar-refractivity contribution is 6.31. The van der Waals surface area contributed by atoms with E-state index in [2.05, 4.69) is 5.32 Å². The number of benzene rings is 3. The topological polar surface area (TPSA) is 79.5 Å². The number of imide groups is 1. The lowest BCUT2D eigenvalue weighted by atomic mass is 9.93. The second-order valence-corrected chi connectivity index (χ2v) is 5.98. The first-order valence-electron chi connectivity index (χ1n) is 7.77. The molecule has 3 aromatic carbocycles. The van der Waals surface area contributed by atoms with E-state index < -0.39 is 11.8 Å². The molecule has 0 radical (unpaired) electrons. The standard InChI is InChI=1S/C20H11NO4/c22-11-6-7-14-13(8-11)16-15(25-14)9-12(10-4-2-1-3-5-10)17-18(16)20(24)21-19(17)23/h1-9,22H,(H,21,23,24). The van der Waals surface area contributed by atoms with E-state index in [1.807, 2.05) is 30.3 Å². The van der Waals surface area contributed by atoms with Crippen LogP contribution in [-0.2, 0) is 0 Å². The maximum Gasteiger partial charge on any atom is 0.259 e. The minimum absolute atomic E-state index is 0.0702. The maximum atomic E-state index is 12.5. The zero-order chi connectivity index (χ0) is 17.1. The van der Waals surface area contributed by atoms with Crippen LogP contribution in [0.3, 0.4) is 0 Å². The molecule has 5 heteroatoms. The highest BCUT2D eigenvalue weighted by Gasteiger charge is 2.34. The Bertz CT molecular complexity index is 1210. The van der Waals surface area contributed by atoms with Crippen LogP contribution in [-0.4, -0.2) is 16.9 Å². The number of fused-ring (bicyclic) bond motifs is 5. The van der Waals surface area contributed by atoms with Crippen molar-refractivity contribution < 1.29 is 19.1 Å². The van der Waals surface area contributed by atoms with Crippen LogP contribution in [0.4, 0.5) is 0 Å². The van der Waals surface area contributed by atoms with Crippen molar-refractivity contribution in [3.8, 4) is 16.9 Å². The fraction of sp³-hybridized carbons (Fsp3) is 0. The number of carbonyl (C=O) groups excluding carboxylic acids is 2. The number of hydrogen-bond acceptors (Lipinski definition) is 4. The van der Waals surface area contributed by atoms with Gasteiger partial charge in [0.25, 0.3) is 11.8 Å². The number of furan rings is 1. The van der Waals surface area contributed by atoms with Crippen LogP contribution in [0.15, 0.2) is 59.0 Å². The summed E-state index contributed by atoms with van der Waals surface area (Å²) in [5.41, 5.74) is 3.17. The molecule has 1 aromatic heterocycles. The summed E-state index contributed by atoms with van der Waals surface area (Å²) in [7, 11) is 0. The zero-order valence-electron chi connectivity index (χ0n) is 12.9. The SMILES string of the molecule is O=C1NC(=O)c2c1c(-c1ccccc1)cc1oc3ccc(O)cc3c21. The normalized spacial score (nSPS) is 13.4. The lowest BCUT2D eigenvalue weighted by molar-refractivity contribution is 0.0880. The number of phenols is 1. The molecular formula is C20H11NO4. The largest absolute Gasteiger partial charge is 0.508 e. The first kappa shape index (κ1) is 13.8. The molecule has 5 rings (SSSR count). The average molecular weight is 329 g/mol. The lowest BCUT2D eigenvalue weighted by Crippen LogP contribution is -2.20. The van der Waals surface area contributed by atoms with Gasteiger partial charge in [0.15, 0.2) is 0 Å². The lowest BCUT2D eigenvalue weighted by Gasteiger charge is -2.07. The molecule has 0 aliphatic carbocycles. The van der Waals surface area contributed by atoms with Gasteiger partial charge < -0.3 is 9.52 Å². The first-order valence-corrected chi connectivity index (χ1v) is 7.77. The number of amides is 2. The first-order chi connectivity index (χ1) is 12.1. The molecule has 120 valence electrons. The molecule has 0 bridgehead atoms. The molecule has 0 atom stereocenters. The van der Waals surface area contributed by atoms with Gasteiger partial charge in [0.2, 0.25) is 0 Å². The van der Waals surface area contributed by atoms with Crippen LogP contribution in [0.1, 0.15) is 20.7 Å². The fourth-order valence-corrected chi connectivity index (χ4v) is 3.46. The zero-order valence-corrected chi connectivity index (χ0v) is 12.9. The highest BCUT2D eigenvalue weighted by Crippen LogP contribution is 2.40. The Balaban J connectivity index is 1.99. The minimum atomic E-state index is -0.450. The highest BCUT2D eigenvalue weighted by atomic mass is 16.3. The van der Waals surface area contributed by atoms with E-state index in [4.69, 9.17) is 4.42 Å². The van der Waals surface area contributed by atoms with E-state index in [1.165, 1.54) is 6.07 Å². The molecule has 5 nitrogen and oxygen atoms in total. The molecule has 0 saturated heterocycles. The van der Waals surface area contributed by atoms with Crippen molar-refractivity contribution in [3.05, 3.63) is 65.7 Å². The summed E-state index contributed by atoms with van der Waals surface area (Å²) in [6, 6.07) is 15.9. The molecule has 0 saturated carbocycles. The molecule has 2 amide bonds. The number of rotatable bonds is 1. The van der Waals surface area contributed by atoms with Crippen LogP contribution in [0.2, 0.25) is 0 Å². The number of aromatic hydroxyl groups is 1. The predicted octanol–water partition coefficient (Wildman–Crippen LogP) is 3.84. The fourth-order valence-electron chi connectivity index (χ4n) is 3.46. The molecule has 25 heavy (non-hydrogen) atoms. The van der Waals surface area contributed by atoms with Gasteiger partial charge in [-0.2, -0.15) is 0 Å². The Morgan fingerprint density at radius 3 is 2.40 bits per heavy atom. The van der Waals surface area contributed by atoms with Crippen molar-refractivity contribution in [2.45, 2.75) is 0 Å². The molecule has 2 N–H and O–H groups in total. The molecular weight excluding hydrogens is 318 g/mol. The second kappa shape index (κ2) is 4.70. The summed E-state index contributed by atoms with van der Waals surface area (Å²) in [6.07, 6.45) is 0. The summed E-state index contributed by atoms with van der Waals surface area (Å²) in [5, 5.41) is 13.3. The van der Waals surface area contributed by atoms with Crippen LogP contribution in [0, 0.1) is 0 Å². The van der Waals surface area contributed by atoms with Gasteiger partial charge in [0.1, 0.15) is 16.9 Å². The molecule has 0 fully saturated rings. The number of nitrogens with one attached hydrogen (secondary N) is 1. The van der Waals surface area contributed by atoms with E-state index in [0.717, 1.165) is 5.56 Å². The van der Waals surface area contributed by atoms with Gasteiger partial charge in [0.05, 0.1) is 11.1 Å². The molecule has 1 aliphatic heterocycles. The van der Waals surface area contributed by atoms with Gasteiger partial charge >= 0.3 is 0 Å². The Kier molecular flexibility index (Phi) is 2.60. The summed E-state index contributed by atoms with van der Waals surface area (Å²) in [6.45, 7) is 0. The van der Waals surface area contributed by atoms with Crippen LogP contribution in [0.25, 0.3) is 33.1 Å². The predicted molar refractivity (Wildman–Crippen MR) is 92.6 cm³/mol. The summed E-state index contributed by atoms with van der Waals surface area (Å²) >= 11 is 0. The van der Waals surface area contributed by atoms with E-state index >= 15 is 0 Å². The van der Waals surface area contributed by atoms with Gasteiger partial charge in [-0.3, -0.25) is 14.9 Å². The van der Waals surface area contributed by atoms with E-state index in [0.29, 0.717) is 38.6 Å². The average Bonchev–Trinajstić information content (AvgIpc) is 3.12. The maximum absolute atomic E-state index is 12.5. The third kappa shape index (κ3) is 1.83. The monoisotopic (exact) mass is 329 g/mol. The Morgan fingerprint density at radius 2 is 1.60 bits per heavy atom. The summed E-state index contributed by atoms with van der Waals surface area (Å²) in [4.78, 5) is 24.9. The van der Waals surface area contributed by atoms with E-state index in [-0.39, 0.29) is 5.75 Å². The van der Waals surface area contributed by atoms with Crippen LogP contribution < -0.4 is 5.32 Å². The Hall–Kier alpha value is -3.60. The van der Waals surface area contributed by atoms with Crippen molar-refractivity contribution in [1.82, 2.24) is 5.32 Å². The van der Waals surface area contributed by atoms with Crippen molar-refractivity contribution in [1.29, 1.82) is 0 Å². The Labute approximate surface area is 141 Å². The third-order valence-electron chi connectivity index (χ3n) is 4.51. The van der Waals surface area contributed by atoms with Crippen molar-refractivity contribution in [2.24, 2.45) is 0 Å². The second-order valence-electron chi connectivity index (χ2n) is 5.98. The van der Waals surface area contributed by atoms with Crippen LogP contribution >= 0.6 is 0 Å². The molecule has 4 aromatic rings. The summed E-state index contributed by atoms with van der Waals surface area (Å²) in [5.74, 6) is -0.801. The van der Waals surface area contributed by atoms with Crippen LogP contribution in [0.5, 0.6) is 5.75 Å². The van der Waals surface area contributed by atoms with Gasteiger partial charge in [-0.15, -0.1) is 0 Å². The van der Waals surface area contributed by atoms with Gasteiger partial charge in [0, 0.05) is 10.8 Å². The van der Waals surface area contributed by atoms with Gasteiger partial charge in [-0.1, -0.05) is 30.3 Å². The number of phenolic OH excluding ortho intramolecular Hbond substituents is 1. The third-order valence-corrected chi connectivity index (χ3v) is 4.51. The molecule has 2 heterocycles. The number of hydrogen-bond donors (Lipinski definition) is 2.